The first-order chi connectivity index (χ1) is 10.1. The lowest BCUT2D eigenvalue weighted by Crippen LogP contribution is -2.00. The van der Waals surface area contributed by atoms with Crippen molar-refractivity contribution >= 4 is 5.78 Å². The van der Waals surface area contributed by atoms with Crippen LogP contribution in [0.5, 0.6) is 5.75 Å². The Morgan fingerprint density at radius 2 is 1.90 bits per heavy atom. The van der Waals surface area contributed by atoms with Gasteiger partial charge in [-0.05, 0) is 37.3 Å². The van der Waals surface area contributed by atoms with E-state index in [1.165, 1.54) is 0 Å². The minimum absolute atomic E-state index is 0.00254. The van der Waals surface area contributed by atoms with Crippen molar-refractivity contribution in [1.82, 2.24) is 9.97 Å². The summed E-state index contributed by atoms with van der Waals surface area (Å²) in [7, 11) is 0. The number of hydrogen-bond acceptors (Lipinski definition) is 3. The molecular formula is C17H14N2O2. The molecule has 3 rings (SSSR count). The number of aromatic hydroxyl groups is 1. The van der Waals surface area contributed by atoms with E-state index in [1.807, 2.05) is 19.1 Å². The molecule has 0 spiro atoms. The van der Waals surface area contributed by atoms with Crippen LogP contribution in [-0.2, 0) is 0 Å². The molecule has 4 heteroatoms. The number of nitrogens with one attached hydrogen (secondary N) is 1. The Hall–Kier alpha value is -2.88. The van der Waals surface area contributed by atoms with E-state index in [1.54, 1.807) is 42.9 Å². The maximum Gasteiger partial charge on any atom is 0.198 e. The Labute approximate surface area is 122 Å². The first kappa shape index (κ1) is 13.1. The van der Waals surface area contributed by atoms with Crippen LogP contribution in [0.4, 0.5) is 0 Å². The van der Waals surface area contributed by atoms with Crippen molar-refractivity contribution in [3.8, 4) is 17.0 Å². The van der Waals surface area contributed by atoms with E-state index >= 15 is 0 Å². The van der Waals surface area contributed by atoms with Gasteiger partial charge in [0.05, 0.1) is 5.56 Å². The molecule has 1 aromatic carbocycles. The number of benzene rings is 1. The second-order valence-corrected chi connectivity index (χ2v) is 4.89. The minimum Gasteiger partial charge on any atom is -0.507 e. The second kappa shape index (κ2) is 5.25. The van der Waals surface area contributed by atoms with Crippen LogP contribution in [0.3, 0.4) is 0 Å². The van der Waals surface area contributed by atoms with Gasteiger partial charge in [0.25, 0.3) is 0 Å². The Morgan fingerprint density at radius 3 is 2.67 bits per heavy atom. The number of aromatic amines is 1. The summed E-state index contributed by atoms with van der Waals surface area (Å²) < 4.78 is 0. The number of rotatable bonds is 3. The SMILES string of the molecule is Cc1ccc(O)c(C(=O)c2c[nH]c(-c3ccncc3)c2)c1. The van der Waals surface area contributed by atoms with Gasteiger partial charge in [0.15, 0.2) is 5.78 Å². The second-order valence-electron chi connectivity index (χ2n) is 4.89. The molecule has 0 saturated carbocycles. The summed E-state index contributed by atoms with van der Waals surface area (Å²) in [4.78, 5) is 19.5. The molecule has 0 fully saturated rings. The fraction of sp³-hybridized carbons (Fsp3) is 0.0588. The van der Waals surface area contributed by atoms with Crippen LogP contribution in [0, 0.1) is 6.92 Å². The van der Waals surface area contributed by atoms with E-state index in [0.29, 0.717) is 11.1 Å². The molecule has 2 N–H and O–H groups in total. The summed E-state index contributed by atoms with van der Waals surface area (Å²) in [6.07, 6.45) is 5.05. The van der Waals surface area contributed by atoms with Gasteiger partial charge in [0, 0.05) is 35.4 Å². The predicted molar refractivity (Wildman–Crippen MR) is 80.3 cm³/mol. The van der Waals surface area contributed by atoms with E-state index in [4.69, 9.17) is 0 Å². The third kappa shape index (κ3) is 2.56. The van der Waals surface area contributed by atoms with E-state index in [9.17, 15) is 9.90 Å². The molecule has 0 radical (unpaired) electrons. The smallest absolute Gasteiger partial charge is 0.198 e. The molecule has 0 aliphatic heterocycles. The maximum absolute atomic E-state index is 12.5. The largest absolute Gasteiger partial charge is 0.507 e. The number of nitrogens with zero attached hydrogens (tertiary/aromatic N) is 1. The highest BCUT2D eigenvalue weighted by Crippen LogP contribution is 2.24. The van der Waals surface area contributed by atoms with E-state index in [0.717, 1.165) is 16.8 Å². The van der Waals surface area contributed by atoms with Crippen LogP contribution < -0.4 is 0 Å². The molecule has 2 heterocycles. The molecule has 0 amide bonds. The number of phenols is 1. The van der Waals surface area contributed by atoms with E-state index in [-0.39, 0.29) is 11.5 Å². The van der Waals surface area contributed by atoms with Gasteiger partial charge in [0.2, 0.25) is 0 Å². The van der Waals surface area contributed by atoms with Crippen LogP contribution in [0.15, 0.2) is 55.0 Å². The first-order valence-electron chi connectivity index (χ1n) is 6.58. The van der Waals surface area contributed by atoms with E-state index < -0.39 is 0 Å². The van der Waals surface area contributed by atoms with Gasteiger partial charge in [-0.1, -0.05) is 11.6 Å². The Kier molecular flexibility index (Phi) is 3.28. The first-order valence-corrected chi connectivity index (χ1v) is 6.58. The van der Waals surface area contributed by atoms with E-state index in [2.05, 4.69) is 9.97 Å². The monoisotopic (exact) mass is 278 g/mol. The minimum atomic E-state index is -0.201. The van der Waals surface area contributed by atoms with Crippen molar-refractivity contribution in [3.05, 3.63) is 71.7 Å². The Balaban J connectivity index is 1.96. The average Bonchev–Trinajstić information content (AvgIpc) is 3.00. The third-order valence-electron chi connectivity index (χ3n) is 3.33. The zero-order valence-corrected chi connectivity index (χ0v) is 11.5. The molecule has 3 aromatic rings. The summed E-state index contributed by atoms with van der Waals surface area (Å²) in [5, 5.41) is 9.85. The maximum atomic E-state index is 12.5. The third-order valence-corrected chi connectivity index (χ3v) is 3.33. The van der Waals surface area contributed by atoms with Crippen molar-refractivity contribution in [3.63, 3.8) is 0 Å². The highest BCUT2D eigenvalue weighted by Gasteiger charge is 2.15. The lowest BCUT2D eigenvalue weighted by atomic mass is 10.0. The number of pyridine rings is 1. The molecule has 4 nitrogen and oxygen atoms in total. The lowest BCUT2D eigenvalue weighted by Gasteiger charge is -2.03. The van der Waals surface area contributed by atoms with Crippen molar-refractivity contribution in [1.29, 1.82) is 0 Å². The molecule has 2 aromatic heterocycles. The van der Waals surface area contributed by atoms with Gasteiger partial charge in [-0.25, -0.2) is 0 Å². The van der Waals surface area contributed by atoms with Crippen molar-refractivity contribution < 1.29 is 9.90 Å². The highest BCUT2D eigenvalue weighted by molar-refractivity contribution is 6.11. The molecular weight excluding hydrogens is 264 g/mol. The lowest BCUT2D eigenvalue weighted by molar-refractivity contribution is 0.103. The predicted octanol–water partition coefficient (Wildman–Crippen LogP) is 3.32. The van der Waals surface area contributed by atoms with Crippen molar-refractivity contribution in [2.75, 3.05) is 0 Å². The summed E-state index contributed by atoms with van der Waals surface area (Å²) >= 11 is 0. The molecule has 0 aliphatic rings. The number of ketones is 1. The Bertz CT molecular complexity index is 792. The van der Waals surface area contributed by atoms with Gasteiger partial charge in [-0.15, -0.1) is 0 Å². The summed E-state index contributed by atoms with van der Waals surface area (Å²) in [6.45, 7) is 1.88. The zero-order chi connectivity index (χ0) is 14.8. The van der Waals surface area contributed by atoms with Crippen LogP contribution in [0.1, 0.15) is 21.5 Å². The summed E-state index contributed by atoms with van der Waals surface area (Å²) in [5.74, 6) is -0.204. The van der Waals surface area contributed by atoms with Crippen molar-refractivity contribution in [2.45, 2.75) is 6.92 Å². The quantitative estimate of drug-likeness (QED) is 0.722. The number of carbonyl (C=O) groups excluding carboxylic acids is 1. The molecule has 21 heavy (non-hydrogen) atoms. The summed E-state index contributed by atoms with van der Waals surface area (Å²) in [6, 6.07) is 10.5. The normalized spacial score (nSPS) is 10.5. The van der Waals surface area contributed by atoms with Gasteiger partial charge in [-0.3, -0.25) is 9.78 Å². The highest BCUT2D eigenvalue weighted by atomic mass is 16.3. The number of hydrogen-bond donors (Lipinski definition) is 2. The zero-order valence-electron chi connectivity index (χ0n) is 11.5. The molecule has 104 valence electrons. The van der Waals surface area contributed by atoms with Crippen molar-refractivity contribution in [2.24, 2.45) is 0 Å². The van der Waals surface area contributed by atoms with Gasteiger partial charge < -0.3 is 10.1 Å². The number of H-pyrrole nitrogens is 1. The van der Waals surface area contributed by atoms with Crippen LogP contribution >= 0.6 is 0 Å². The number of phenolic OH excluding ortho intramolecular Hbond substituents is 1. The Morgan fingerprint density at radius 1 is 1.14 bits per heavy atom. The number of aromatic nitrogens is 2. The van der Waals surface area contributed by atoms with Gasteiger partial charge >= 0.3 is 0 Å². The fourth-order valence-corrected chi connectivity index (χ4v) is 2.21. The van der Waals surface area contributed by atoms with Crippen LogP contribution in [0.2, 0.25) is 0 Å². The van der Waals surface area contributed by atoms with Crippen LogP contribution in [-0.4, -0.2) is 20.9 Å². The molecule has 0 atom stereocenters. The fourth-order valence-electron chi connectivity index (χ4n) is 2.21. The van der Waals surface area contributed by atoms with Gasteiger partial charge in [-0.2, -0.15) is 0 Å². The molecule has 0 aliphatic carbocycles. The summed E-state index contributed by atoms with van der Waals surface area (Å²) in [5.41, 5.74) is 3.56. The molecule has 0 unspecified atom stereocenters. The van der Waals surface area contributed by atoms with Crippen LogP contribution in [0.25, 0.3) is 11.3 Å². The standard InChI is InChI=1S/C17H14N2O2/c1-11-2-3-16(20)14(8-11)17(21)13-9-15(19-10-13)12-4-6-18-7-5-12/h2-10,19-20H,1H3. The number of aryl methyl sites for hydroxylation is 1. The number of carbonyl (C=O) groups is 1. The average molecular weight is 278 g/mol. The molecule has 0 saturated heterocycles. The van der Waals surface area contributed by atoms with Gasteiger partial charge in [0.1, 0.15) is 5.75 Å². The topological polar surface area (TPSA) is 66.0 Å². The molecule has 0 bridgehead atoms.